The van der Waals surface area contributed by atoms with E-state index in [1.54, 1.807) is 11.7 Å². The minimum atomic E-state index is -0.252. The summed E-state index contributed by atoms with van der Waals surface area (Å²) in [5.41, 5.74) is 6.54. The van der Waals surface area contributed by atoms with E-state index >= 15 is 0 Å². The minimum Gasteiger partial charge on any atom is -0.461 e. The zero-order valence-electron chi connectivity index (χ0n) is 12.9. The summed E-state index contributed by atoms with van der Waals surface area (Å²) >= 11 is 0. The van der Waals surface area contributed by atoms with Gasteiger partial charge in [-0.25, -0.2) is 4.79 Å². The van der Waals surface area contributed by atoms with Crippen molar-refractivity contribution >= 4 is 17.0 Å². The Morgan fingerprint density at radius 1 is 1.39 bits per heavy atom. The van der Waals surface area contributed by atoms with Crippen molar-refractivity contribution in [3.8, 4) is 6.01 Å². The first-order valence-corrected chi connectivity index (χ1v) is 7.40. The third-order valence-corrected chi connectivity index (χ3v) is 3.64. The number of imidazole rings is 1. The lowest BCUT2D eigenvalue weighted by molar-refractivity contribution is 0.141. The number of rotatable bonds is 6. The van der Waals surface area contributed by atoms with E-state index in [1.165, 1.54) is 0 Å². The zero-order chi connectivity index (χ0) is 16.2. The van der Waals surface area contributed by atoms with Gasteiger partial charge in [-0.3, -0.25) is 4.57 Å². The summed E-state index contributed by atoms with van der Waals surface area (Å²) in [6, 6.07) is 0.138. The molecule has 0 aromatic carbocycles. The minimum absolute atomic E-state index is 0.138. The van der Waals surface area contributed by atoms with Crippen molar-refractivity contribution in [2.24, 2.45) is 5.92 Å². The lowest BCUT2D eigenvalue weighted by atomic mass is 10.0. The molecule has 2 aromatic heterocycles. The maximum absolute atomic E-state index is 12.2. The van der Waals surface area contributed by atoms with Gasteiger partial charge < -0.3 is 20.2 Å². The molecule has 1 aliphatic carbocycles. The van der Waals surface area contributed by atoms with Crippen LogP contribution in [0, 0.1) is 5.92 Å². The maximum Gasteiger partial charge on any atom is 0.327 e. The van der Waals surface area contributed by atoms with Gasteiger partial charge in [-0.1, -0.05) is 24.3 Å². The molecule has 0 aliphatic heterocycles. The molecule has 23 heavy (non-hydrogen) atoms. The summed E-state index contributed by atoms with van der Waals surface area (Å²) < 4.78 is 11.9. The zero-order valence-corrected chi connectivity index (χ0v) is 12.9. The smallest absolute Gasteiger partial charge is 0.327 e. The second-order valence-corrected chi connectivity index (χ2v) is 5.28. The molecule has 0 bridgehead atoms. The molecule has 3 N–H and O–H groups in total. The lowest BCUT2D eigenvalue weighted by Crippen LogP contribution is -2.21. The largest absolute Gasteiger partial charge is 0.461 e. The van der Waals surface area contributed by atoms with Crippen LogP contribution >= 0.6 is 0 Å². The number of fused-ring (bicyclic) bond motifs is 1. The first-order valence-electron chi connectivity index (χ1n) is 7.40. The Kier molecular flexibility index (Phi) is 4.42. The molecule has 8 nitrogen and oxygen atoms in total. The van der Waals surface area contributed by atoms with Crippen molar-refractivity contribution < 1.29 is 9.47 Å². The van der Waals surface area contributed by atoms with Gasteiger partial charge in [0.15, 0.2) is 11.5 Å². The van der Waals surface area contributed by atoms with Crippen LogP contribution in [0.25, 0.3) is 11.2 Å². The first kappa shape index (κ1) is 15.3. The fourth-order valence-electron chi connectivity index (χ4n) is 2.48. The number of nitrogens with zero attached hydrogens (tertiary/aromatic N) is 3. The lowest BCUT2D eigenvalue weighted by Gasteiger charge is -2.13. The third kappa shape index (κ3) is 3.26. The molecule has 2 aromatic rings. The molecule has 0 radical (unpaired) electrons. The van der Waals surface area contributed by atoms with E-state index in [2.05, 4.69) is 27.1 Å². The highest BCUT2D eigenvalue weighted by Crippen LogP contribution is 2.20. The Balaban J connectivity index is 1.93. The average Bonchev–Trinajstić information content (AvgIpc) is 2.86. The Labute approximate surface area is 132 Å². The summed E-state index contributed by atoms with van der Waals surface area (Å²) in [5, 5.41) is 0. The molecule has 0 fully saturated rings. The van der Waals surface area contributed by atoms with Gasteiger partial charge in [-0.05, 0) is 12.3 Å². The number of nitrogen functional groups attached to an aromatic ring is 1. The predicted molar refractivity (Wildman–Crippen MR) is 86.3 cm³/mol. The van der Waals surface area contributed by atoms with E-state index < -0.39 is 0 Å². The van der Waals surface area contributed by atoms with Crippen LogP contribution in [0.3, 0.4) is 0 Å². The topological polar surface area (TPSA) is 108 Å². The van der Waals surface area contributed by atoms with Crippen molar-refractivity contribution in [3.05, 3.63) is 34.8 Å². The molecule has 122 valence electrons. The van der Waals surface area contributed by atoms with E-state index in [4.69, 9.17) is 15.2 Å². The Bertz CT molecular complexity index is 805. The van der Waals surface area contributed by atoms with Crippen molar-refractivity contribution in [2.75, 3.05) is 26.1 Å². The molecule has 1 unspecified atom stereocenters. The SMILES string of the molecule is COCCOc1nc(N)c2[nH]c(=O)n(CC3C=CC=CC3)c2n1. The summed E-state index contributed by atoms with van der Waals surface area (Å²) in [6.45, 7) is 1.25. The van der Waals surface area contributed by atoms with Gasteiger partial charge in [0.25, 0.3) is 0 Å². The van der Waals surface area contributed by atoms with E-state index in [1.807, 2.05) is 12.2 Å². The number of allylic oxidation sites excluding steroid dienone is 4. The Morgan fingerprint density at radius 3 is 3.00 bits per heavy atom. The first-order chi connectivity index (χ1) is 11.2. The number of H-pyrrole nitrogens is 1. The fourth-order valence-corrected chi connectivity index (χ4v) is 2.48. The summed E-state index contributed by atoms with van der Waals surface area (Å²) in [6.07, 6.45) is 9.01. The molecule has 3 rings (SSSR count). The maximum atomic E-state index is 12.2. The van der Waals surface area contributed by atoms with Gasteiger partial charge in [-0.15, -0.1) is 0 Å². The van der Waals surface area contributed by atoms with Gasteiger partial charge >= 0.3 is 11.7 Å². The van der Waals surface area contributed by atoms with Gasteiger partial charge in [0.2, 0.25) is 0 Å². The number of methoxy groups -OCH3 is 1. The van der Waals surface area contributed by atoms with Gasteiger partial charge in [0, 0.05) is 13.7 Å². The van der Waals surface area contributed by atoms with Gasteiger partial charge in [0.05, 0.1) is 6.61 Å². The van der Waals surface area contributed by atoms with Crippen LogP contribution in [0.1, 0.15) is 6.42 Å². The number of hydrogen-bond acceptors (Lipinski definition) is 6. The molecule has 2 heterocycles. The highest BCUT2D eigenvalue weighted by Gasteiger charge is 2.17. The molecular formula is C15H19N5O3. The second kappa shape index (κ2) is 6.66. The fraction of sp³-hybridized carbons (Fsp3) is 0.400. The van der Waals surface area contributed by atoms with Gasteiger partial charge in [0.1, 0.15) is 12.1 Å². The van der Waals surface area contributed by atoms with Crippen LogP contribution in [0.15, 0.2) is 29.1 Å². The van der Waals surface area contributed by atoms with Gasteiger partial charge in [-0.2, -0.15) is 9.97 Å². The van der Waals surface area contributed by atoms with Crippen LogP contribution in [0.4, 0.5) is 5.82 Å². The molecule has 1 aliphatic rings. The molecule has 0 spiro atoms. The van der Waals surface area contributed by atoms with Crippen LogP contribution in [0.2, 0.25) is 0 Å². The predicted octanol–water partition coefficient (Wildman–Crippen LogP) is 0.859. The van der Waals surface area contributed by atoms with Crippen LogP contribution in [-0.4, -0.2) is 39.8 Å². The number of aromatic amines is 1. The van der Waals surface area contributed by atoms with Crippen LogP contribution in [-0.2, 0) is 11.3 Å². The van der Waals surface area contributed by atoms with Crippen molar-refractivity contribution in [3.63, 3.8) is 0 Å². The highest BCUT2D eigenvalue weighted by atomic mass is 16.5. The molecule has 0 saturated carbocycles. The van der Waals surface area contributed by atoms with Crippen LogP contribution in [0.5, 0.6) is 6.01 Å². The second-order valence-electron chi connectivity index (χ2n) is 5.28. The average molecular weight is 317 g/mol. The van der Waals surface area contributed by atoms with Crippen molar-refractivity contribution in [1.29, 1.82) is 0 Å². The molecule has 0 saturated heterocycles. The number of hydrogen-bond donors (Lipinski definition) is 2. The standard InChI is InChI=1S/C15H19N5O3/c1-22-7-8-23-14-18-12(16)11-13(19-14)20(15(21)17-11)9-10-5-3-2-4-6-10/h2-5,10H,6-9H2,1H3,(H,17,21)(H2,16,18,19). The number of aromatic nitrogens is 4. The molecular weight excluding hydrogens is 298 g/mol. The Morgan fingerprint density at radius 2 is 2.26 bits per heavy atom. The monoisotopic (exact) mass is 317 g/mol. The third-order valence-electron chi connectivity index (χ3n) is 3.64. The van der Waals surface area contributed by atoms with E-state index in [-0.39, 0.29) is 23.4 Å². The van der Waals surface area contributed by atoms with Crippen molar-refractivity contribution in [2.45, 2.75) is 13.0 Å². The van der Waals surface area contributed by atoms with Crippen molar-refractivity contribution in [1.82, 2.24) is 19.5 Å². The molecule has 1 atom stereocenters. The van der Waals surface area contributed by atoms with E-state index in [9.17, 15) is 4.79 Å². The summed E-state index contributed by atoms with van der Waals surface area (Å²) in [5.74, 6) is 0.433. The Hall–Kier alpha value is -2.61. The summed E-state index contributed by atoms with van der Waals surface area (Å²) in [4.78, 5) is 23.3. The van der Waals surface area contributed by atoms with E-state index in [0.717, 1.165) is 6.42 Å². The van der Waals surface area contributed by atoms with E-state index in [0.29, 0.717) is 30.9 Å². The number of nitrogens with one attached hydrogen (secondary N) is 1. The molecule has 0 amide bonds. The normalized spacial score (nSPS) is 17.0. The number of nitrogens with two attached hydrogens (primary N) is 1. The quantitative estimate of drug-likeness (QED) is 0.765. The molecule has 8 heteroatoms. The summed E-state index contributed by atoms with van der Waals surface area (Å²) in [7, 11) is 1.58. The highest BCUT2D eigenvalue weighted by molar-refractivity contribution is 5.81. The number of ether oxygens (including phenoxy) is 2. The number of anilines is 1. The van der Waals surface area contributed by atoms with Crippen LogP contribution < -0.4 is 16.2 Å².